The molecule has 35 heavy (non-hydrogen) atoms. The fourth-order valence-corrected chi connectivity index (χ4v) is 4.99. The van der Waals surface area contributed by atoms with Crippen molar-refractivity contribution in [1.29, 1.82) is 0 Å². The van der Waals surface area contributed by atoms with Gasteiger partial charge in [0.15, 0.2) is 6.10 Å². The molecular formula is C27H19N3O5. The summed E-state index contributed by atoms with van der Waals surface area (Å²) in [5.41, 5.74) is 1.79. The van der Waals surface area contributed by atoms with Crippen LogP contribution in [0.4, 0.5) is 17.1 Å². The summed E-state index contributed by atoms with van der Waals surface area (Å²) < 4.78 is 0. The molecule has 4 aromatic carbocycles. The van der Waals surface area contributed by atoms with Gasteiger partial charge in [0.1, 0.15) is 5.92 Å². The largest absolute Gasteiger partial charge is 0.273 e. The van der Waals surface area contributed by atoms with Gasteiger partial charge >= 0.3 is 0 Å². The minimum Gasteiger partial charge on any atom is -0.273 e. The molecule has 0 bridgehead atoms. The van der Waals surface area contributed by atoms with Gasteiger partial charge in [-0.15, -0.1) is 0 Å². The van der Waals surface area contributed by atoms with Gasteiger partial charge in [-0.1, -0.05) is 66.7 Å². The molecule has 2 saturated heterocycles. The van der Waals surface area contributed by atoms with Crippen LogP contribution in [-0.2, 0) is 14.4 Å². The third-order valence-corrected chi connectivity index (χ3v) is 6.58. The van der Waals surface area contributed by atoms with Gasteiger partial charge in [0.25, 0.3) is 11.6 Å². The smallest absolute Gasteiger partial charge is 0.269 e. The Morgan fingerprint density at radius 2 is 1.46 bits per heavy atom. The van der Waals surface area contributed by atoms with Crippen LogP contribution in [-0.4, -0.2) is 22.8 Å². The SMILES string of the molecule is O=C1[C@H]2[C@H](ON(c3ccccc3)[C@H]2c2ccc([N+](=O)[O-])cc2)C(=O)N1c1cccc2ccccc12. The van der Waals surface area contributed by atoms with Crippen molar-refractivity contribution in [2.45, 2.75) is 12.1 Å². The number of carbonyl (C=O) groups is 2. The van der Waals surface area contributed by atoms with E-state index < -0.39 is 28.9 Å². The van der Waals surface area contributed by atoms with Crippen LogP contribution in [0.3, 0.4) is 0 Å². The summed E-state index contributed by atoms with van der Waals surface area (Å²) >= 11 is 0. The molecule has 2 aliphatic rings. The Morgan fingerprint density at radius 1 is 0.771 bits per heavy atom. The number of amides is 2. The first-order valence-corrected chi connectivity index (χ1v) is 11.2. The van der Waals surface area contributed by atoms with E-state index in [9.17, 15) is 19.7 Å². The van der Waals surface area contributed by atoms with Crippen molar-refractivity contribution in [2.75, 3.05) is 9.96 Å². The number of nitro groups is 1. The quantitative estimate of drug-likeness (QED) is 0.244. The summed E-state index contributed by atoms with van der Waals surface area (Å²) in [7, 11) is 0. The molecule has 0 aromatic heterocycles. The van der Waals surface area contributed by atoms with Crippen molar-refractivity contribution in [2.24, 2.45) is 5.92 Å². The van der Waals surface area contributed by atoms with Gasteiger partial charge in [0, 0.05) is 17.5 Å². The second-order valence-corrected chi connectivity index (χ2v) is 8.52. The summed E-state index contributed by atoms with van der Waals surface area (Å²) in [6.07, 6.45) is -1.01. The lowest BCUT2D eigenvalue weighted by molar-refractivity contribution is -0.384. The number of hydrogen-bond acceptors (Lipinski definition) is 6. The molecule has 0 unspecified atom stereocenters. The molecule has 2 fully saturated rings. The predicted molar refractivity (Wildman–Crippen MR) is 130 cm³/mol. The van der Waals surface area contributed by atoms with E-state index >= 15 is 0 Å². The first-order valence-electron chi connectivity index (χ1n) is 11.2. The summed E-state index contributed by atoms with van der Waals surface area (Å²) in [6, 6.07) is 27.7. The molecule has 0 N–H and O–H groups in total. The summed E-state index contributed by atoms with van der Waals surface area (Å²) in [4.78, 5) is 45.5. The molecule has 0 saturated carbocycles. The zero-order valence-electron chi connectivity index (χ0n) is 18.4. The Balaban J connectivity index is 1.45. The molecule has 172 valence electrons. The van der Waals surface area contributed by atoms with Gasteiger partial charge in [-0.3, -0.25) is 24.5 Å². The molecule has 8 heteroatoms. The van der Waals surface area contributed by atoms with Gasteiger partial charge in [0.2, 0.25) is 5.91 Å². The van der Waals surface area contributed by atoms with Crippen LogP contribution in [0.15, 0.2) is 97.1 Å². The molecule has 3 atom stereocenters. The minimum atomic E-state index is -1.01. The first kappa shape index (κ1) is 21.0. The normalized spacial score (nSPS) is 21.5. The van der Waals surface area contributed by atoms with E-state index in [2.05, 4.69) is 0 Å². The van der Waals surface area contributed by atoms with Crippen LogP contribution in [0, 0.1) is 16.0 Å². The Labute approximate surface area is 200 Å². The number of para-hydroxylation sites is 1. The second kappa shape index (κ2) is 8.03. The van der Waals surface area contributed by atoms with Gasteiger partial charge < -0.3 is 0 Å². The highest BCUT2D eigenvalue weighted by atomic mass is 16.7. The molecular weight excluding hydrogens is 446 g/mol. The van der Waals surface area contributed by atoms with E-state index in [-0.39, 0.29) is 11.6 Å². The van der Waals surface area contributed by atoms with Crippen molar-refractivity contribution >= 4 is 39.6 Å². The highest BCUT2D eigenvalue weighted by Crippen LogP contribution is 2.48. The zero-order valence-corrected chi connectivity index (χ0v) is 18.4. The van der Waals surface area contributed by atoms with Gasteiger partial charge in [-0.25, -0.2) is 9.96 Å². The second-order valence-electron chi connectivity index (χ2n) is 8.52. The molecule has 2 heterocycles. The first-order chi connectivity index (χ1) is 17.0. The number of hydrogen-bond donors (Lipinski definition) is 0. The predicted octanol–water partition coefficient (Wildman–Crippen LogP) is 4.80. The monoisotopic (exact) mass is 465 g/mol. The number of nitrogens with zero attached hydrogens (tertiary/aromatic N) is 3. The maximum absolute atomic E-state index is 13.9. The van der Waals surface area contributed by atoms with Crippen LogP contribution >= 0.6 is 0 Å². The molecule has 2 amide bonds. The van der Waals surface area contributed by atoms with Crippen LogP contribution in [0.25, 0.3) is 10.8 Å². The highest BCUT2D eigenvalue weighted by Gasteiger charge is 2.60. The van der Waals surface area contributed by atoms with Crippen LogP contribution < -0.4 is 9.96 Å². The summed E-state index contributed by atoms with van der Waals surface area (Å²) in [6.45, 7) is 0. The van der Waals surface area contributed by atoms with Crippen LogP contribution in [0.1, 0.15) is 11.6 Å². The molecule has 0 aliphatic carbocycles. The van der Waals surface area contributed by atoms with Gasteiger partial charge in [-0.2, -0.15) is 0 Å². The van der Waals surface area contributed by atoms with Crippen molar-refractivity contribution in [3.05, 3.63) is 113 Å². The number of rotatable bonds is 4. The Bertz CT molecular complexity index is 1470. The molecule has 2 aliphatic heterocycles. The van der Waals surface area contributed by atoms with E-state index in [4.69, 9.17) is 4.84 Å². The van der Waals surface area contributed by atoms with E-state index in [1.807, 2.05) is 66.7 Å². The zero-order chi connectivity index (χ0) is 24.1. The lowest BCUT2D eigenvalue weighted by Gasteiger charge is -2.29. The highest BCUT2D eigenvalue weighted by molar-refractivity contribution is 6.26. The number of non-ortho nitro benzene ring substituents is 1. The van der Waals surface area contributed by atoms with E-state index in [1.54, 1.807) is 23.3 Å². The number of imide groups is 1. The molecule has 0 radical (unpaired) electrons. The van der Waals surface area contributed by atoms with E-state index in [1.165, 1.54) is 17.0 Å². The molecule has 4 aromatic rings. The number of anilines is 2. The fourth-order valence-electron chi connectivity index (χ4n) is 4.99. The lowest BCUT2D eigenvalue weighted by atomic mass is 9.90. The van der Waals surface area contributed by atoms with Gasteiger partial charge in [-0.05, 0) is 29.1 Å². The minimum absolute atomic E-state index is 0.0540. The number of benzene rings is 4. The number of carbonyl (C=O) groups excluding carboxylic acids is 2. The fraction of sp³-hybridized carbons (Fsp3) is 0.111. The number of nitro benzene ring substituents is 1. The maximum atomic E-state index is 13.9. The van der Waals surface area contributed by atoms with E-state index in [0.29, 0.717) is 16.9 Å². The standard InChI is InChI=1S/C27H19N3O5/c31-26-23-24(18-13-15-20(16-14-18)30(33)34)29(19-9-2-1-3-10-19)35-25(23)27(32)28(26)22-12-6-8-17-7-4-5-11-21(17)22/h1-16,23-25H/t23-,24+,25+/m1/s1. The number of hydroxylamine groups is 1. The topological polar surface area (TPSA) is 93.0 Å². The lowest BCUT2D eigenvalue weighted by Crippen LogP contribution is -2.37. The average molecular weight is 465 g/mol. The van der Waals surface area contributed by atoms with Crippen molar-refractivity contribution in [3.8, 4) is 0 Å². The van der Waals surface area contributed by atoms with Gasteiger partial charge in [0.05, 0.1) is 22.3 Å². The van der Waals surface area contributed by atoms with Crippen molar-refractivity contribution < 1.29 is 19.3 Å². The molecule has 6 rings (SSSR count). The Kier molecular flexibility index (Phi) is 4.82. The summed E-state index contributed by atoms with van der Waals surface area (Å²) in [5.74, 6) is -1.61. The van der Waals surface area contributed by atoms with Crippen molar-refractivity contribution in [3.63, 3.8) is 0 Å². The molecule has 8 nitrogen and oxygen atoms in total. The maximum Gasteiger partial charge on any atom is 0.269 e. The number of fused-ring (bicyclic) bond motifs is 2. The van der Waals surface area contributed by atoms with Crippen LogP contribution in [0.5, 0.6) is 0 Å². The Hall–Kier alpha value is -4.56. The third-order valence-electron chi connectivity index (χ3n) is 6.58. The summed E-state index contributed by atoms with van der Waals surface area (Å²) in [5, 5.41) is 14.5. The molecule has 0 spiro atoms. The Morgan fingerprint density at radius 3 is 2.20 bits per heavy atom. The van der Waals surface area contributed by atoms with Crippen molar-refractivity contribution in [1.82, 2.24) is 0 Å². The van der Waals surface area contributed by atoms with Crippen LogP contribution in [0.2, 0.25) is 0 Å². The third kappa shape index (κ3) is 3.26. The van der Waals surface area contributed by atoms with E-state index in [0.717, 1.165) is 10.8 Å². The average Bonchev–Trinajstić information content (AvgIpc) is 3.40.